The van der Waals surface area contributed by atoms with Crippen molar-refractivity contribution in [1.29, 1.82) is 0 Å². The standard InChI is InChI=1S/C15H17BrN4O/c1-10-11(2)18-19-15(17-10)20-7-8-21-9-14(20)12-3-5-13(16)6-4-12/h3-6,14H,7-9H2,1-2H3. The molecule has 6 heteroatoms. The van der Waals surface area contributed by atoms with Crippen molar-refractivity contribution < 1.29 is 4.74 Å². The third-order valence-corrected chi connectivity index (χ3v) is 4.25. The van der Waals surface area contributed by atoms with Crippen LogP contribution in [-0.4, -0.2) is 34.9 Å². The molecule has 0 bridgehead atoms. The summed E-state index contributed by atoms with van der Waals surface area (Å²) in [6.45, 7) is 5.97. The smallest absolute Gasteiger partial charge is 0.246 e. The highest BCUT2D eigenvalue weighted by atomic mass is 79.9. The van der Waals surface area contributed by atoms with Crippen LogP contribution in [0.25, 0.3) is 0 Å². The van der Waals surface area contributed by atoms with Gasteiger partial charge in [0.1, 0.15) is 0 Å². The molecule has 1 unspecified atom stereocenters. The molecule has 5 nitrogen and oxygen atoms in total. The van der Waals surface area contributed by atoms with Crippen LogP contribution in [0.5, 0.6) is 0 Å². The zero-order valence-corrected chi connectivity index (χ0v) is 13.7. The van der Waals surface area contributed by atoms with Crippen LogP contribution in [0.4, 0.5) is 5.95 Å². The lowest BCUT2D eigenvalue weighted by Gasteiger charge is -2.35. The Bertz CT molecular complexity index is 632. The van der Waals surface area contributed by atoms with Crippen LogP contribution < -0.4 is 4.90 Å². The Morgan fingerprint density at radius 1 is 1.14 bits per heavy atom. The zero-order chi connectivity index (χ0) is 14.8. The van der Waals surface area contributed by atoms with Crippen LogP contribution in [0, 0.1) is 13.8 Å². The van der Waals surface area contributed by atoms with Gasteiger partial charge in [-0.1, -0.05) is 28.1 Å². The first-order valence-corrected chi connectivity index (χ1v) is 7.72. The molecule has 21 heavy (non-hydrogen) atoms. The number of nitrogens with zero attached hydrogens (tertiary/aromatic N) is 4. The van der Waals surface area contributed by atoms with Gasteiger partial charge in [-0.05, 0) is 31.5 Å². The van der Waals surface area contributed by atoms with Gasteiger partial charge in [0, 0.05) is 11.0 Å². The van der Waals surface area contributed by atoms with Gasteiger partial charge in [-0.15, -0.1) is 5.10 Å². The lowest BCUT2D eigenvalue weighted by Crippen LogP contribution is -2.40. The van der Waals surface area contributed by atoms with E-state index >= 15 is 0 Å². The quantitative estimate of drug-likeness (QED) is 0.835. The van der Waals surface area contributed by atoms with Crippen molar-refractivity contribution in [3.05, 3.63) is 45.7 Å². The van der Waals surface area contributed by atoms with Gasteiger partial charge in [0.2, 0.25) is 5.95 Å². The van der Waals surface area contributed by atoms with E-state index in [4.69, 9.17) is 4.74 Å². The van der Waals surface area contributed by atoms with Gasteiger partial charge in [0.15, 0.2) is 0 Å². The van der Waals surface area contributed by atoms with Gasteiger partial charge in [-0.2, -0.15) is 5.10 Å². The van der Waals surface area contributed by atoms with Crippen molar-refractivity contribution in [2.45, 2.75) is 19.9 Å². The molecule has 1 atom stereocenters. The van der Waals surface area contributed by atoms with Crippen molar-refractivity contribution in [3.8, 4) is 0 Å². The molecule has 0 aliphatic carbocycles. The molecular weight excluding hydrogens is 332 g/mol. The van der Waals surface area contributed by atoms with E-state index in [1.165, 1.54) is 5.56 Å². The topological polar surface area (TPSA) is 51.1 Å². The monoisotopic (exact) mass is 348 g/mol. The summed E-state index contributed by atoms with van der Waals surface area (Å²) in [5, 5.41) is 8.45. The second-order valence-electron chi connectivity index (χ2n) is 5.12. The Balaban J connectivity index is 1.94. The summed E-state index contributed by atoms with van der Waals surface area (Å²) < 4.78 is 6.71. The summed E-state index contributed by atoms with van der Waals surface area (Å²) in [5.41, 5.74) is 2.98. The molecule has 1 aromatic heterocycles. The summed E-state index contributed by atoms with van der Waals surface area (Å²) in [6, 6.07) is 8.41. The minimum absolute atomic E-state index is 0.121. The van der Waals surface area contributed by atoms with E-state index in [0.29, 0.717) is 19.2 Å². The van der Waals surface area contributed by atoms with E-state index in [9.17, 15) is 0 Å². The van der Waals surface area contributed by atoms with Gasteiger partial charge in [-0.3, -0.25) is 0 Å². The molecule has 2 aromatic rings. The second-order valence-corrected chi connectivity index (χ2v) is 6.03. The molecule has 3 rings (SSSR count). The number of aromatic nitrogens is 3. The predicted octanol–water partition coefficient (Wildman–Crippen LogP) is 2.83. The van der Waals surface area contributed by atoms with Gasteiger partial charge in [-0.25, -0.2) is 4.98 Å². The minimum Gasteiger partial charge on any atom is -0.377 e. The van der Waals surface area contributed by atoms with Crippen LogP contribution in [0.2, 0.25) is 0 Å². The third kappa shape index (κ3) is 3.06. The second kappa shape index (κ2) is 6.07. The molecule has 1 aromatic carbocycles. The molecule has 0 amide bonds. The number of hydrogen-bond donors (Lipinski definition) is 0. The first-order chi connectivity index (χ1) is 10.1. The minimum atomic E-state index is 0.121. The highest BCUT2D eigenvalue weighted by Gasteiger charge is 2.27. The number of hydrogen-bond acceptors (Lipinski definition) is 5. The normalized spacial score (nSPS) is 18.8. The number of morpholine rings is 1. The molecule has 1 aliphatic rings. The first kappa shape index (κ1) is 14.4. The van der Waals surface area contributed by atoms with Gasteiger partial charge in [0.25, 0.3) is 0 Å². The maximum absolute atomic E-state index is 5.64. The number of aryl methyl sites for hydroxylation is 2. The van der Waals surface area contributed by atoms with Gasteiger partial charge in [0.05, 0.1) is 30.6 Å². The van der Waals surface area contributed by atoms with E-state index in [-0.39, 0.29) is 6.04 Å². The fourth-order valence-corrected chi connectivity index (χ4v) is 2.64. The molecule has 1 saturated heterocycles. The number of rotatable bonds is 2. The summed E-state index contributed by atoms with van der Waals surface area (Å²) in [7, 11) is 0. The summed E-state index contributed by atoms with van der Waals surface area (Å²) in [4.78, 5) is 6.75. The van der Waals surface area contributed by atoms with E-state index in [1.807, 2.05) is 26.0 Å². The fourth-order valence-electron chi connectivity index (χ4n) is 2.37. The molecule has 0 spiro atoms. The highest BCUT2D eigenvalue weighted by molar-refractivity contribution is 9.10. The molecule has 110 valence electrons. The molecule has 0 saturated carbocycles. The summed E-state index contributed by atoms with van der Waals surface area (Å²) in [6.07, 6.45) is 0. The molecule has 0 radical (unpaired) electrons. The average molecular weight is 349 g/mol. The maximum Gasteiger partial charge on any atom is 0.246 e. The Hall–Kier alpha value is -1.53. The third-order valence-electron chi connectivity index (χ3n) is 3.72. The van der Waals surface area contributed by atoms with Crippen LogP contribution in [0.1, 0.15) is 23.0 Å². The van der Waals surface area contributed by atoms with E-state index in [0.717, 1.165) is 22.4 Å². The highest BCUT2D eigenvalue weighted by Crippen LogP contribution is 2.28. The average Bonchev–Trinajstić information content (AvgIpc) is 2.51. The Labute approximate surface area is 132 Å². The van der Waals surface area contributed by atoms with Crippen LogP contribution in [-0.2, 0) is 4.74 Å². The summed E-state index contributed by atoms with van der Waals surface area (Å²) in [5.74, 6) is 0.675. The lowest BCUT2D eigenvalue weighted by molar-refractivity contribution is 0.0931. The Morgan fingerprint density at radius 3 is 2.62 bits per heavy atom. The predicted molar refractivity (Wildman–Crippen MR) is 84.3 cm³/mol. The van der Waals surface area contributed by atoms with E-state index in [2.05, 4.69) is 48.1 Å². The largest absolute Gasteiger partial charge is 0.377 e. The van der Waals surface area contributed by atoms with Crippen LogP contribution >= 0.6 is 15.9 Å². The Kier molecular flexibility index (Phi) is 4.17. The van der Waals surface area contributed by atoms with Crippen molar-refractivity contribution in [1.82, 2.24) is 15.2 Å². The molecular formula is C15H17BrN4O. The molecule has 0 N–H and O–H groups in total. The van der Waals surface area contributed by atoms with Crippen LogP contribution in [0.3, 0.4) is 0 Å². The van der Waals surface area contributed by atoms with Crippen molar-refractivity contribution in [2.75, 3.05) is 24.7 Å². The van der Waals surface area contributed by atoms with E-state index in [1.54, 1.807) is 0 Å². The molecule has 2 heterocycles. The van der Waals surface area contributed by atoms with E-state index < -0.39 is 0 Å². The number of halogens is 1. The van der Waals surface area contributed by atoms with Crippen molar-refractivity contribution in [2.24, 2.45) is 0 Å². The number of benzene rings is 1. The molecule has 1 fully saturated rings. The van der Waals surface area contributed by atoms with Crippen molar-refractivity contribution >= 4 is 21.9 Å². The van der Waals surface area contributed by atoms with Crippen molar-refractivity contribution in [3.63, 3.8) is 0 Å². The summed E-state index contributed by atoms with van der Waals surface area (Å²) >= 11 is 3.47. The number of anilines is 1. The number of ether oxygens (including phenoxy) is 1. The molecule has 1 aliphatic heterocycles. The fraction of sp³-hybridized carbons (Fsp3) is 0.400. The van der Waals surface area contributed by atoms with Gasteiger partial charge >= 0.3 is 0 Å². The maximum atomic E-state index is 5.64. The van der Waals surface area contributed by atoms with Crippen LogP contribution in [0.15, 0.2) is 28.7 Å². The zero-order valence-electron chi connectivity index (χ0n) is 12.1. The lowest BCUT2D eigenvalue weighted by atomic mass is 10.1. The first-order valence-electron chi connectivity index (χ1n) is 6.93. The van der Waals surface area contributed by atoms with Gasteiger partial charge < -0.3 is 9.64 Å². The Morgan fingerprint density at radius 2 is 1.90 bits per heavy atom. The SMILES string of the molecule is Cc1nnc(N2CCOCC2c2ccc(Br)cc2)nc1C.